The summed E-state index contributed by atoms with van der Waals surface area (Å²) in [5.74, 6) is 0.364. The highest BCUT2D eigenvalue weighted by atomic mass is 35.5. The molecule has 1 amide bonds. The number of carbonyl (C=O) groups is 1. The molecule has 0 atom stereocenters. The third-order valence-electron chi connectivity index (χ3n) is 3.39. The maximum atomic E-state index is 12.2. The third kappa shape index (κ3) is 5.21. The van der Waals surface area contributed by atoms with Crippen LogP contribution >= 0.6 is 11.6 Å². The summed E-state index contributed by atoms with van der Waals surface area (Å²) in [5, 5.41) is 3.44. The minimum Gasteiger partial charge on any atom is -0.496 e. The van der Waals surface area contributed by atoms with Crippen LogP contribution in [0.5, 0.6) is 5.75 Å². The molecule has 1 aromatic carbocycles. The van der Waals surface area contributed by atoms with Crippen molar-refractivity contribution in [3.8, 4) is 5.75 Å². The van der Waals surface area contributed by atoms with Gasteiger partial charge < -0.3 is 10.1 Å². The molecule has 118 valence electrons. The number of hydrogen-bond donors (Lipinski definition) is 1. The Bertz CT molecular complexity index is 467. The third-order valence-corrected chi connectivity index (χ3v) is 3.62. The van der Waals surface area contributed by atoms with Gasteiger partial charge in [0.05, 0.1) is 12.7 Å². The molecule has 1 rings (SSSR count). The van der Waals surface area contributed by atoms with Gasteiger partial charge in [-0.2, -0.15) is 0 Å². The molecule has 0 spiro atoms. The van der Waals surface area contributed by atoms with Gasteiger partial charge in [0.15, 0.2) is 0 Å². The van der Waals surface area contributed by atoms with Crippen LogP contribution in [0.2, 0.25) is 5.02 Å². The number of rotatable bonds is 7. The minimum absolute atomic E-state index is 0.165. The second-order valence-corrected chi connectivity index (χ2v) is 5.96. The van der Waals surface area contributed by atoms with Gasteiger partial charge in [-0.15, -0.1) is 0 Å². The molecule has 0 saturated heterocycles. The zero-order chi connectivity index (χ0) is 16.0. The molecule has 0 bridgehead atoms. The number of methoxy groups -OCH3 is 1. The molecule has 0 aliphatic heterocycles. The van der Waals surface area contributed by atoms with Gasteiger partial charge in [0.2, 0.25) is 0 Å². The topological polar surface area (TPSA) is 41.6 Å². The maximum Gasteiger partial charge on any atom is 0.255 e. The van der Waals surface area contributed by atoms with E-state index in [1.807, 2.05) is 0 Å². The number of nitrogens with one attached hydrogen (secondary N) is 1. The molecule has 1 N–H and O–H groups in total. The lowest BCUT2D eigenvalue weighted by atomic mass is 10.2. The van der Waals surface area contributed by atoms with Crippen molar-refractivity contribution in [2.75, 3.05) is 20.2 Å². The molecule has 0 radical (unpaired) electrons. The fourth-order valence-electron chi connectivity index (χ4n) is 2.36. The summed E-state index contributed by atoms with van der Waals surface area (Å²) >= 11 is 5.94. The Labute approximate surface area is 132 Å². The molecular formula is C16H25ClN2O2. The number of halogens is 1. The van der Waals surface area contributed by atoms with Crippen molar-refractivity contribution < 1.29 is 9.53 Å². The van der Waals surface area contributed by atoms with Gasteiger partial charge in [-0.25, -0.2) is 0 Å². The summed E-state index contributed by atoms with van der Waals surface area (Å²) in [4.78, 5) is 14.6. The Hall–Kier alpha value is -1.26. The molecule has 0 heterocycles. The highest BCUT2D eigenvalue weighted by Crippen LogP contribution is 2.22. The smallest absolute Gasteiger partial charge is 0.255 e. The van der Waals surface area contributed by atoms with Gasteiger partial charge in [-0.3, -0.25) is 9.69 Å². The quantitative estimate of drug-likeness (QED) is 0.840. The molecule has 0 aliphatic rings. The summed E-state index contributed by atoms with van der Waals surface area (Å²) in [6.45, 7) is 10.0. The zero-order valence-corrected chi connectivity index (χ0v) is 14.2. The van der Waals surface area contributed by atoms with Crippen molar-refractivity contribution in [1.29, 1.82) is 0 Å². The van der Waals surface area contributed by atoms with Crippen LogP contribution < -0.4 is 10.1 Å². The fourth-order valence-corrected chi connectivity index (χ4v) is 2.54. The van der Waals surface area contributed by atoms with E-state index < -0.39 is 0 Å². The summed E-state index contributed by atoms with van der Waals surface area (Å²) in [6.07, 6.45) is 0. The van der Waals surface area contributed by atoms with E-state index in [1.54, 1.807) is 25.3 Å². The first kappa shape index (κ1) is 17.8. The van der Waals surface area contributed by atoms with E-state index in [0.29, 0.717) is 35.0 Å². The van der Waals surface area contributed by atoms with Gasteiger partial charge in [0.25, 0.3) is 5.91 Å². The molecule has 0 saturated carbocycles. The predicted octanol–water partition coefficient (Wildman–Crippen LogP) is 3.20. The summed E-state index contributed by atoms with van der Waals surface area (Å²) in [6, 6.07) is 5.92. The average Bonchev–Trinajstić information content (AvgIpc) is 2.42. The highest BCUT2D eigenvalue weighted by molar-refractivity contribution is 6.31. The predicted molar refractivity (Wildman–Crippen MR) is 87.3 cm³/mol. The van der Waals surface area contributed by atoms with Crippen LogP contribution in [0, 0.1) is 0 Å². The molecule has 1 aromatic rings. The lowest BCUT2D eigenvalue weighted by molar-refractivity contribution is 0.0936. The van der Waals surface area contributed by atoms with Gasteiger partial charge in [-0.05, 0) is 45.9 Å². The lowest BCUT2D eigenvalue weighted by Crippen LogP contribution is -2.42. The second kappa shape index (κ2) is 8.25. The van der Waals surface area contributed by atoms with Crippen LogP contribution in [0.4, 0.5) is 0 Å². The van der Waals surface area contributed by atoms with Crippen LogP contribution in [0.15, 0.2) is 18.2 Å². The lowest BCUT2D eigenvalue weighted by Gasteiger charge is -2.30. The number of carbonyl (C=O) groups excluding carboxylic acids is 1. The van der Waals surface area contributed by atoms with Gasteiger partial charge in [0, 0.05) is 30.2 Å². The van der Waals surface area contributed by atoms with Crippen LogP contribution in [0.25, 0.3) is 0 Å². The van der Waals surface area contributed by atoms with E-state index in [1.165, 1.54) is 0 Å². The van der Waals surface area contributed by atoms with Crippen molar-refractivity contribution in [3.63, 3.8) is 0 Å². The Morgan fingerprint density at radius 3 is 2.43 bits per heavy atom. The van der Waals surface area contributed by atoms with Crippen molar-refractivity contribution in [2.24, 2.45) is 0 Å². The summed E-state index contributed by atoms with van der Waals surface area (Å²) in [7, 11) is 1.54. The Kier molecular flexibility index (Phi) is 6.99. The molecule has 21 heavy (non-hydrogen) atoms. The van der Waals surface area contributed by atoms with E-state index in [-0.39, 0.29) is 5.91 Å². The first-order valence-electron chi connectivity index (χ1n) is 7.24. The monoisotopic (exact) mass is 312 g/mol. The van der Waals surface area contributed by atoms with E-state index in [4.69, 9.17) is 16.3 Å². The number of hydrogen-bond acceptors (Lipinski definition) is 3. The van der Waals surface area contributed by atoms with E-state index in [9.17, 15) is 4.79 Å². The molecule has 4 nitrogen and oxygen atoms in total. The van der Waals surface area contributed by atoms with E-state index >= 15 is 0 Å². The molecule has 0 unspecified atom stereocenters. The van der Waals surface area contributed by atoms with Crippen LogP contribution in [-0.2, 0) is 0 Å². The minimum atomic E-state index is -0.165. The normalized spacial score (nSPS) is 11.3. The van der Waals surface area contributed by atoms with E-state index in [0.717, 1.165) is 6.54 Å². The second-order valence-electron chi connectivity index (χ2n) is 5.53. The summed E-state index contributed by atoms with van der Waals surface area (Å²) in [5.41, 5.74) is 0.464. The van der Waals surface area contributed by atoms with E-state index in [2.05, 4.69) is 37.9 Å². The van der Waals surface area contributed by atoms with Gasteiger partial charge >= 0.3 is 0 Å². The molecule has 0 aliphatic carbocycles. The Morgan fingerprint density at radius 2 is 1.90 bits per heavy atom. The number of amides is 1. The number of ether oxygens (including phenoxy) is 1. The molecule has 0 fully saturated rings. The van der Waals surface area contributed by atoms with Crippen LogP contribution in [-0.4, -0.2) is 43.1 Å². The van der Waals surface area contributed by atoms with Crippen LogP contribution in [0.1, 0.15) is 38.1 Å². The zero-order valence-electron chi connectivity index (χ0n) is 13.4. The number of benzene rings is 1. The Morgan fingerprint density at radius 1 is 1.29 bits per heavy atom. The van der Waals surface area contributed by atoms with Gasteiger partial charge in [-0.1, -0.05) is 11.6 Å². The largest absolute Gasteiger partial charge is 0.496 e. The Balaban J connectivity index is 2.64. The van der Waals surface area contributed by atoms with Crippen molar-refractivity contribution in [2.45, 2.75) is 39.8 Å². The van der Waals surface area contributed by atoms with Crippen molar-refractivity contribution in [1.82, 2.24) is 10.2 Å². The number of nitrogens with zero attached hydrogens (tertiary/aromatic N) is 1. The summed E-state index contributed by atoms with van der Waals surface area (Å²) < 4.78 is 5.20. The first-order valence-corrected chi connectivity index (χ1v) is 7.62. The van der Waals surface area contributed by atoms with Crippen molar-refractivity contribution >= 4 is 17.5 Å². The molecular weight excluding hydrogens is 288 g/mol. The SMILES string of the molecule is COc1ccc(Cl)cc1C(=O)NCCN(C(C)C)C(C)C. The first-order chi connectivity index (χ1) is 9.86. The van der Waals surface area contributed by atoms with Gasteiger partial charge in [0.1, 0.15) is 5.75 Å². The van der Waals surface area contributed by atoms with Crippen LogP contribution in [0.3, 0.4) is 0 Å². The standard InChI is InChI=1S/C16H25ClN2O2/c1-11(2)19(12(3)4)9-8-18-16(20)14-10-13(17)6-7-15(14)21-5/h6-7,10-12H,8-9H2,1-5H3,(H,18,20). The average molecular weight is 313 g/mol. The van der Waals surface area contributed by atoms with Crippen molar-refractivity contribution in [3.05, 3.63) is 28.8 Å². The highest BCUT2D eigenvalue weighted by Gasteiger charge is 2.15. The maximum absolute atomic E-state index is 12.2. The fraction of sp³-hybridized carbons (Fsp3) is 0.562. The molecule has 5 heteroatoms. The molecule has 0 aromatic heterocycles.